The molecule has 0 spiro atoms. The van der Waals surface area contributed by atoms with Gasteiger partial charge in [-0.25, -0.2) is 4.39 Å². The van der Waals surface area contributed by atoms with Crippen LogP contribution in [-0.4, -0.2) is 79.6 Å². The van der Waals surface area contributed by atoms with Gasteiger partial charge in [-0.15, -0.1) is 0 Å². The maximum absolute atomic E-state index is 13.7. The molecule has 0 N–H and O–H groups in total. The number of rotatable bonds is 4. The summed E-state index contributed by atoms with van der Waals surface area (Å²) in [6.45, 7) is 5.40. The lowest BCUT2D eigenvalue weighted by atomic mass is 10.0. The first kappa shape index (κ1) is 18.6. The van der Waals surface area contributed by atoms with Crippen LogP contribution in [0.3, 0.4) is 0 Å². The van der Waals surface area contributed by atoms with Gasteiger partial charge in [-0.3, -0.25) is 9.69 Å². The first-order valence-corrected chi connectivity index (χ1v) is 9.60. The van der Waals surface area contributed by atoms with Gasteiger partial charge in [-0.1, -0.05) is 15.9 Å². The molecule has 138 valence electrons. The number of benzene rings is 1. The summed E-state index contributed by atoms with van der Waals surface area (Å²) in [5.41, 5.74) is 0. The standard InChI is InChI=1S/C18H25BrFN3O2/c1-21-6-2-3-15(12-21)22-7-9-23(10-8-22)18(24)13-25-17-5-4-14(19)11-16(17)20/h4-5,11,15H,2-3,6-10,12-13H2,1H3. The Hall–Kier alpha value is -1.18. The van der Waals surface area contributed by atoms with Crippen LogP contribution >= 0.6 is 15.9 Å². The SMILES string of the molecule is CN1CCCC(N2CCN(C(=O)COc3ccc(Br)cc3F)CC2)C1. The van der Waals surface area contributed by atoms with Crippen LogP contribution in [0.15, 0.2) is 22.7 Å². The molecular formula is C18H25BrFN3O2. The number of ether oxygens (including phenoxy) is 1. The van der Waals surface area contributed by atoms with Gasteiger partial charge in [-0.05, 0) is 44.6 Å². The van der Waals surface area contributed by atoms with Gasteiger partial charge in [0.2, 0.25) is 0 Å². The maximum Gasteiger partial charge on any atom is 0.260 e. The van der Waals surface area contributed by atoms with Gasteiger partial charge in [0.25, 0.3) is 5.91 Å². The minimum absolute atomic E-state index is 0.0808. The van der Waals surface area contributed by atoms with E-state index in [9.17, 15) is 9.18 Å². The zero-order valence-corrected chi connectivity index (χ0v) is 16.2. The molecule has 0 bridgehead atoms. The van der Waals surface area contributed by atoms with E-state index in [-0.39, 0.29) is 18.3 Å². The van der Waals surface area contributed by atoms with Crippen molar-refractivity contribution in [2.45, 2.75) is 18.9 Å². The number of hydrogen-bond acceptors (Lipinski definition) is 4. The van der Waals surface area contributed by atoms with E-state index >= 15 is 0 Å². The molecule has 1 aromatic rings. The smallest absolute Gasteiger partial charge is 0.260 e. The number of likely N-dealkylation sites (tertiary alicyclic amines) is 1. The molecule has 2 fully saturated rings. The van der Waals surface area contributed by atoms with E-state index in [0.29, 0.717) is 23.6 Å². The summed E-state index contributed by atoms with van der Waals surface area (Å²) in [6.07, 6.45) is 2.48. The summed E-state index contributed by atoms with van der Waals surface area (Å²) in [5.74, 6) is -0.434. The number of hydrogen-bond donors (Lipinski definition) is 0. The van der Waals surface area contributed by atoms with Crippen molar-refractivity contribution in [3.63, 3.8) is 0 Å². The molecular weight excluding hydrogens is 389 g/mol. The third-order valence-electron chi connectivity index (χ3n) is 5.03. The molecule has 2 heterocycles. The third-order valence-corrected chi connectivity index (χ3v) is 5.52. The number of piperidine rings is 1. The van der Waals surface area contributed by atoms with E-state index < -0.39 is 5.82 Å². The summed E-state index contributed by atoms with van der Waals surface area (Å²) >= 11 is 3.20. The second-order valence-corrected chi connectivity index (χ2v) is 7.75. The normalized spacial score (nSPS) is 22.8. The highest BCUT2D eigenvalue weighted by atomic mass is 79.9. The molecule has 0 aromatic heterocycles. The Kier molecular flexibility index (Phi) is 6.30. The Bertz CT molecular complexity index is 608. The summed E-state index contributed by atoms with van der Waals surface area (Å²) in [5, 5.41) is 0. The molecule has 2 aliphatic rings. The number of carbonyl (C=O) groups excluding carboxylic acids is 1. The average molecular weight is 414 g/mol. The summed E-state index contributed by atoms with van der Waals surface area (Å²) in [4.78, 5) is 19.0. The second-order valence-electron chi connectivity index (χ2n) is 6.84. The highest BCUT2D eigenvalue weighted by Crippen LogP contribution is 2.21. The van der Waals surface area contributed by atoms with Crippen molar-refractivity contribution in [3.8, 4) is 5.75 Å². The Morgan fingerprint density at radius 1 is 1.28 bits per heavy atom. The van der Waals surface area contributed by atoms with Crippen LogP contribution in [0.5, 0.6) is 5.75 Å². The van der Waals surface area contributed by atoms with Crippen LogP contribution < -0.4 is 4.74 Å². The summed E-state index contributed by atoms with van der Waals surface area (Å²) in [7, 11) is 2.17. The van der Waals surface area contributed by atoms with Crippen molar-refractivity contribution in [3.05, 3.63) is 28.5 Å². The molecule has 1 amide bonds. The second kappa shape index (κ2) is 8.47. The van der Waals surface area contributed by atoms with E-state index in [1.807, 2.05) is 4.90 Å². The Labute approximate surface area is 156 Å². The summed E-state index contributed by atoms with van der Waals surface area (Å²) in [6, 6.07) is 5.16. The molecule has 2 saturated heterocycles. The minimum atomic E-state index is -0.464. The minimum Gasteiger partial charge on any atom is -0.481 e. The molecule has 3 rings (SSSR count). The van der Waals surface area contributed by atoms with Gasteiger partial charge in [0.05, 0.1) is 0 Å². The lowest BCUT2D eigenvalue weighted by Gasteiger charge is -2.42. The Morgan fingerprint density at radius 2 is 2.04 bits per heavy atom. The number of likely N-dealkylation sites (N-methyl/N-ethyl adjacent to an activating group) is 1. The van der Waals surface area contributed by atoms with Crippen LogP contribution in [0.25, 0.3) is 0 Å². The van der Waals surface area contributed by atoms with E-state index in [1.54, 1.807) is 6.07 Å². The van der Waals surface area contributed by atoms with Crippen molar-refractivity contribution in [1.82, 2.24) is 14.7 Å². The highest BCUT2D eigenvalue weighted by Gasteiger charge is 2.28. The third kappa shape index (κ3) is 4.92. The molecule has 0 radical (unpaired) electrons. The molecule has 2 aliphatic heterocycles. The van der Waals surface area contributed by atoms with E-state index in [2.05, 4.69) is 32.8 Å². The monoisotopic (exact) mass is 413 g/mol. The zero-order chi connectivity index (χ0) is 17.8. The summed E-state index contributed by atoms with van der Waals surface area (Å²) < 4.78 is 19.7. The van der Waals surface area contributed by atoms with Gasteiger partial charge in [0.1, 0.15) is 0 Å². The molecule has 25 heavy (non-hydrogen) atoms. The zero-order valence-electron chi connectivity index (χ0n) is 14.6. The van der Waals surface area contributed by atoms with Crippen LogP contribution in [-0.2, 0) is 4.79 Å². The van der Waals surface area contributed by atoms with Crippen molar-refractivity contribution in [2.24, 2.45) is 0 Å². The average Bonchev–Trinajstić information content (AvgIpc) is 2.61. The lowest BCUT2D eigenvalue weighted by molar-refractivity contribution is -0.135. The fraction of sp³-hybridized carbons (Fsp3) is 0.611. The van der Waals surface area contributed by atoms with Gasteiger partial charge in [-0.2, -0.15) is 0 Å². The maximum atomic E-state index is 13.7. The Balaban J connectivity index is 1.45. The molecule has 5 nitrogen and oxygen atoms in total. The number of carbonyl (C=O) groups is 1. The van der Waals surface area contributed by atoms with E-state index in [0.717, 1.165) is 19.6 Å². The van der Waals surface area contributed by atoms with Gasteiger partial charge in [0.15, 0.2) is 18.2 Å². The molecule has 7 heteroatoms. The van der Waals surface area contributed by atoms with Crippen LogP contribution in [0, 0.1) is 5.82 Å². The first-order chi connectivity index (χ1) is 12.0. The number of piperazine rings is 1. The van der Waals surface area contributed by atoms with Crippen molar-refractivity contribution < 1.29 is 13.9 Å². The topological polar surface area (TPSA) is 36.0 Å². The van der Waals surface area contributed by atoms with Crippen molar-refractivity contribution in [2.75, 3.05) is 52.9 Å². The Morgan fingerprint density at radius 3 is 2.72 bits per heavy atom. The number of halogens is 2. The fourth-order valence-corrected chi connectivity index (χ4v) is 3.93. The molecule has 1 unspecified atom stereocenters. The van der Waals surface area contributed by atoms with Crippen LogP contribution in [0.4, 0.5) is 4.39 Å². The molecule has 1 aromatic carbocycles. The lowest BCUT2D eigenvalue weighted by Crippen LogP contribution is -2.56. The predicted molar refractivity (Wildman–Crippen MR) is 98.3 cm³/mol. The quantitative estimate of drug-likeness (QED) is 0.757. The highest BCUT2D eigenvalue weighted by molar-refractivity contribution is 9.10. The van der Waals surface area contributed by atoms with Crippen LogP contribution in [0.1, 0.15) is 12.8 Å². The number of amides is 1. The first-order valence-electron chi connectivity index (χ1n) is 8.81. The van der Waals surface area contributed by atoms with E-state index in [1.165, 1.54) is 31.5 Å². The largest absolute Gasteiger partial charge is 0.481 e. The molecule has 0 aliphatic carbocycles. The number of nitrogens with zero attached hydrogens (tertiary/aromatic N) is 3. The molecule has 1 atom stereocenters. The van der Waals surface area contributed by atoms with Crippen molar-refractivity contribution in [1.29, 1.82) is 0 Å². The molecule has 0 saturated carbocycles. The fourth-order valence-electron chi connectivity index (χ4n) is 3.60. The predicted octanol–water partition coefficient (Wildman–Crippen LogP) is 2.21. The van der Waals surface area contributed by atoms with E-state index in [4.69, 9.17) is 4.74 Å². The van der Waals surface area contributed by atoms with Gasteiger partial charge in [0, 0.05) is 43.2 Å². The van der Waals surface area contributed by atoms with Gasteiger partial charge >= 0.3 is 0 Å². The van der Waals surface area contributed by atoms with Crippen molar-refractivity contribution >= 4 is 21.8 Å². The van der Waals surface area contributed by atoms with Crippen LogP contribution in [0.2, 0.25) is 0 Å². The van der Waals surface area contributed by atoms with Gasteiger partial charge < -0.3 is 14.5 Å².